The fraction of sp³-hybridized carbons (Fsp3) is 0.167. The second-order valence-corrected chi connectivity index (χ2v) is 8.95. The van der Waals surface area contributed by atoms with Gasteiger partial charge in [-0.3, -0.25) is 14.5 Å². The molecule has 1 fully saturated rings. The Kier molecular flexibility index (Phi) is 5.16. The van der Waals surface area contributed by atoms with E-state index in [2.05, 4.69) is 30.8 Å². The van der Waals surface area contributed by atoms with E-state index in [0.717, 1.165) is 22.1 Å². The van der Waals surface area contributed by atoms with Gasteiger partial charge in [0.1, 0.15) is 16.4 Å². The monoisotopic (exact) mass is 448 g/mol. The third-order valence-electron chi connectivity index (χ3n) is 5.55. The fourth-order valence-electron chi connectivity index (χ4n) is 3.95. The van der Waals surface area contributed by atoms with Gasteiger partial charge in [0.25, 0.3) is 0 Å². The zero-order chi connectivity index (χ0) is 21.4. The third-order valence-corrected chi connectivity index (χ3v) is 7.17. The molecular weight excluding hydrogens is 428 g/mol. The van der Waals surface area contributed by atoms with Gasteiger partial charge in [0.2, 0.25) is 11.8 Å². The zero-order valence-corrected chi connectivity index (χ0v) is 18.3. The van der Waals surface area contributed by atoms with Gasteiger partial charge >= 0.3 is 0 Å². The molecule has 0 bridgehead atoms. The normalized spacial score (nSPS) is 17.3. The number of amides is 2. The number of fused-ring (bicyclic) bond motifs is 1. The molecule has 0 atom stereocenters. The van der Waals surface area contributed by atoms with Gasteiger partial charge in [-0.05, 0) is 35.1 Å². The van der Waals surface area contributed by atoms with Crippen molar-refractivity contribution in [2.24, 2.45) is 0 Å². The highest BCUT2D eigenvalue weighted by Gasteiger charge is 2.44. The van der Waals surface area contributed by atoms with E-state index in [4.69, 9.17) is 4.42 Å². The van der Waals surface area contributed by atoms with Crippen LogP contribution in [-0.4, -0.2) is 38.0 Å². The average molecular weight is 449 g/mol. The van der Waals surface area contributed by atoms with Crippen molar-refractivity contribution >= 4 is 47.0 Å². The van der Waals surface area contributed by atoms with Crippen molar-refractivity contribution in [3.05, 3.63) is 84.9 Å². The Balaban J connectivity index is 1.41. The Bertz CT molecular complexity index is 1210. The number of carbonyl (C=O) groups excluding carboxylic acids is 2. The lowest BCUT2D eigenvalue weighted by Crippen LogP contribution is -2.43. The van der Waals surface area contributed by atoms with E-state index >= 15 is 0 Å². The Morgan fingerprint density at radius 3 is 2.65 bits per heavy atom. The molecular formula is C24H20N2O3S2. The summed E-state index contributed by atoms with van der Waals surface area (Å²) in [5.74, 6) is 1.93. The second-order valence-electron chi connectivity index (χ2n) is 7.40. The Labute approximate surface area is 189 Å². The Morgan fingerprint density at radius 1 is 1.06 bits per heavy atom. The van der Waals surface area contributed by atoms with Gasteiger partial charge in [-0.15, -0.1) is 11.8 Å². The third kappa shape index (κ3) is 3.58. The number of furan rings is 1. The van der Waals surface area contributed by atoms with Crippen LogP contribution in [0.1, 0.15) is 5.76 Å². The number of hydrogen-bond acceptors (Lipinski definition) is 5. The van der Waals surface area contributed by atoms with Crippen LogP contribution in [0.3, 0.4) is 0 Å². The molecule has 2 aromatic carbocycles. The lowest BCUT2D eigenvalue weighted by Gasteiger charge is -2.35. The molecule has 0 aliphatic carbocycles. The van der Waals surface area contributed by atoms with Gasteiger partial charge in [-0.2, -0.15) is 12.6 Å². The lowest BCUT2D eigenvalue weighted by atomic mass is 10.0. The maximum Gasteiger partial charge on any atom is 0.240 e. The van der Waals surface area contributed by atoms with Gasteiger partial charge in [-0.25, -0.2) is 0 Å². The predicted molar refractivity (Wildman–Crippen MR) is 126 cm³/mol. The highest BCUT2D eigenvalue weighted by atomic mass is 32.2. The minimum atomic E-state index is -0.614. The first-order valence-corrected chi connectivity index (χ1v) is 11.5. The molecule has 1 spiro atoms. The first kappa shape index (κ1) is 20.0. The first-order valence-electron chi connectivity index (χ1n) is 9.92. The van der Waals surface area contributed by atoms with E-state index in [1.807, 2.05) is 48.6 Å². The van der Waals surface area contributed by atoms with E-state index in [1.165, 1.54) is 16.7 Å². The summed E-state index contributed by atoms with van der Waals surface area (Å²) in [5, 5.41) is 2.28. The number of hydrogen-bond donors (Lipinski definition) is 1. The van der Waals surface area contributed by atoms with Crippen LogP contribution in [-0.2, 0) is 16.1 Å². The summed E-state index contributed by atoms with van der Waals surface area (Å²) in [6, 6.07) is 18.2. The Hall–Kier alpha value is -2.90. The molecule has 0 radical (unpaired) electrons. The van der Waals surface area contributed by atoms with E-state index in [9.17, 15) is 9.59 Å². The van der Waals surface area contributed by atoms with Crippen molar-refractivity contribution in [3.63, 3.8) is 0 Å². The summed E-state index contributed by atoms with van der Waals surface area (Å²) in [7, 11) is 0. The minimum Gasteiger partial charge on any atom is -0.459 e. The van der Waals surface area contributed by atoms with Gasteiger partial charge in [0, 0.05) is 18.0 Å². The van der Waals surface area contributed by atoms with Crippen LogP contribution < -0.4 is 0 Å². The molecule has 0 N–H and O–H groups in total. The summed E-state index contributed by atoms with van der Waals surface area (Å²) in [6.45, 7) is 0.353. The number of carbonyl (C=O) groups is 2. The molecule has 5 rings (SSSR count). The molecule has 3 heterocycles. The van der Waals surface area contributed by atoms with E-state index in [-0.39, 0.29) is 17.6 Å². The van der Waals surface area contributed by atoms with E-state index in [0.29, 0.717) is 18.1 Å². The molecule has 31 heavy (non-hydrogen) atoms. The first-order chi connectivity index (χ1) is 15.1. The molecule has 2 amide bonds. The van der Waals surface area contributed by atoms with Crippen LogP contribution in [0.25, 0.3) is 22.1 Å². The van der Waals surface area contributed by atoms with Crippen molar-refractivity contribution in [1.82, 2.24) is 9.80 Å². The van der Waals surface area contributed by atoms with Gasteiger partial charge in [0.15, 0.2) is 0 Å². The molecule has 0 saturated carbocycles. The summed E-state index contributed by atoms with van der Waals surface area (Å²) in [5.41, 5.74) is 1.03. The van der Waals surface area contributed by atoms with Crippen molar-refractivity contribution in [2.45, 2.75) is 11.4 Å². The van der Waals surface area contributed by atoms with Crippen LogP contribution in [0.2, 0.25) is 0 Å². The quantitative estimate of drug-likeness (QED) is 0.590. The maximum atomic E-state index is 12.7. The smallest absolute Gasteiger partial charge is 0.240 e. The number of thiol groups is 1. The van der Waals surface area contributed by atoms with Crippen LogP contribution in [0.5, 0.6) is 0 Å². The van der Waals surface area contributed by atoms with Crippen molar-refractivity contribution in [2.75, 3.05) is 11.5 Å². The molecule has 7 heteroatoms. The summed E-state index contributed by atoms with van der Waals surface area (Å²) in [6.07, 6.45) is 7.19. The summed E-state index contributed by atoms with van der Waals surface area (Å²) < 4.78 is 6.17. The topological polar surface area (TPSA) is 53.8 Å². The second kappa shape index (κ2) is 7.98. The van der Waals surface area contributed by atoms with E-state index < -0.39 is 4.87 Å². The lowest BCUT2D eigenvalue weighted by molar-refractivity contribution is -0.129. The van der Waals surface area contributed by atoms with Crippen molar-refractivity contribution in [3.8, 4) is 11.3 Å². The van der Waals surface area contributed by atoms with Gasteiger partial charge in [-0.1, -0.05) is 42.5 Å². The summed E-state index contributed by atoms with van der Waals surface area (Å²) in [4.78, 5) is 27.2. The molecule has 156 valence electrons. The minimum absolute atomic E-state index is 0.0383. The molecule has 0 unspecified atom stereocenters. The van der Waals surface area contributed by atoms with Crippen LogP contribution >= 0.6 is 24.4 Å². The number of benzene rings is 2. The van der Waals surface area contributed by atoms with Gasteiger partial charge < -0.3 is 9.32 Å². The zero-order valence-electron chi connectivity index (χ0n) is 16.6. The van der Waals surface area contributed by atoms with Crippen molar-refractivity contribution < 1.29 is 14.0 Å². The standard InChI is InChI=1S/C24H20N2O3S2/c27-22(15-30)25-12-10-24(11-13-25)26(23(28)16-31-24)14-18-8-9-21(29-18)20-7-3-5-17-4-1-2-6-19(17)20/h1-13,30H,14-16H2. The molecule has 5 nitrogen and oxygen atoms in total. The highest BCUT2D eigenvalue weighted by molar-refractivity contribution is 8.02. The predicted octanol–water partition coefficient (Wildman–Crippen LogP) is 4.67. The fourth-order valence-corrected chi connectivity index (χ4v) is 5.26. The van der Waals surface area contributed by atoms with Crippen molar-refractivity contribution in [1.29, 1.82) is 0 Å². The molecule has 2 aliphatic heterocycles. The molecule has 1 saturated heterocycles. The van der Waals surface area contributed by atoms with E-state index in [1.54, 1.807) is 17.3 Å². The molecule has 2 aliphatic rings. The summed E-state index contributed by atoms with van der Waals surface area (Å²) >= 11 is 5.57. The highest BCUT2D eigenvalue weighted by Crippen LogP contribution is 2.42. The largest absolute Gasteiger partial charge is 0.459 e. The van der Waals surface area contributed by atoms with Crippen LogP contribution in [0.4, 0.5) is 0 Å². The number of rotatable bonds is 4. The molecule has 1 aromatic heterocycles. The average Bonchev–Trinajstić information content (AvgIpc) is 3.40. The number of nitrogens with zero attached hydrogens (tertiary/aromatic N) is 2. The van der Waals surface area contributed by atoms with Crippen LogP contribution in [0.15, 0.2) is 83.6 Å². The Morgan fingerprint density at radius 2 is 1.84 bits per heavy atom. The van der Waals surface area contributed by atoms with Gasteiger partial charge in [0.05, 0.1) is 18.1 Å². The maximum absolute atomic E-state index is 12.7. The SMILES string of the molecule is O=C(CS)N1C=CC2(C=C1)SCC(=O)N2Cc1ccc(-c2cccc3ccccc23)o1. The molecule has 3 aromatic rings. The van der Waals surface area contributed by atoms with Crippen LogP contribution in [0, 0.1) is 0 Å². The number of thioether (sulfide) groups is 1.